The highest BCUT2D eigenvalue weighted by Crippen LogP contribution is 2.22. The minimum atomic E-state index is -3.59. The van der Waals surface area contributed by atoms with Gasteiger partial charge in [-0.05, 0) is 26.7 Å². The first-order valence-electron chi connectivity index (χ1n) is 9.37. The van der Waals surface area contributed by atoms with E-state index in [4.69, 9.17) is 4.74 Å². The molecule has 0 spiro atoms. The number of hydrogen-bond donors (Lipinski definition) is 0. The first-order valence-corrected chi connectivity index (χ1v) is 12.2. The van der Waals surface area contributed by atoms with E-state index in [0.717, 1.165) is 19.3 Å². The van der Waals surface area contributed by atoms with Gasteiger partial charge in [0.05, 0.1) is 12.2 Å². The van der Waals surface area contributed by atoms with Gasteiger partial charge >= 0.3 is 0 Å². The zero-order valence-electron chi connectivity index (χ0n) is 15.6. The van der Waals surface area contributed by atoms with Crippen molar-refractivity contribution in [1.82, 2.24) is 17.2 Å². The first-order chi connectivity index (χ1) is 12.2. The van der Waals surface area contributed by atoms with E-state index in [1.165, 1.54) is 17.2 Å². The molecule has 3 heterocycles. The Bertz CT molecular complexity index is 675. The van der Waals surface area contributed by atoms with E-state index in [2.05, 4.69) is 0 Å². The average molecular weight is 411 g/mol. The third kappa shape index (κ3) is 4.23. The standard InChI is InChI=1S/C15H30N4O5S2/c1-14-12-19(13-15(2)24-14)26(22,23)18-10-8-17(9-11-18)25(20,21)16-6-4-3-5-7-16/h14-15H,3-13H2,1-2H3. The van der Waals surface area contributed by atoms with Gasteiger partial charge in [0.25, 0.3) is 20.4 Å². The lowest BCUT2D eigenvalue weighted by molar-refractivity contribution is -0.0456. The summed E-state index contributed by atoms with van der Waals surface area (Å²) >= 11 is 0. The number of piperidine rings is 1. The fraction of sp³-hybridized carbons (Fsp3) is 1.00. The summed E-state index contributed by atoms with van der Waals surface area (Å²) in [6.45, 7) is 6.29. The highest BCUT2D eigenvalue weighted by atomic mass is 32.2. The molecule has 3 aliphatic rings. The highest BCUT2D eigenvalue weighted by molar-refractivity contribution is 7.87. The van der Waals surface area contributed by atoms with Crippen molar-refractivity contribution in [1.29, 1.82) is 0 Å². The Morgan fingerprint density at radius 3 is 1.46 bits per heavy atom. The SMILES string of the molecule is CC1CN(S(=O)(=O)N2CCN(S(=O)(=O)N3CCCCC3)CC2)CC(C)O1. The van der Waals surface area contributed by atoms with Crippen LogP contribution >= 0.6 is 0 Å². The largest absolute Gasteiger partial charge is 0.373 e. The Balaban J connectivity index is 1.62. The second-order valence-corrected chi connectivity index (χ2v) is 11.2. The lowest BCUT2D eigenvalue weighted by atomic mass is 10.2. The fourth-order valence-corrected chi connectivity index (χ4v) is 7.29. The van der Waals surface area contributed by atoms with Gasteiger partial charge in [-0.1, -0.05) is 6.42 Å². The lowest BCUT2D eigenvalue weighted by Gasteiger charge is -2.41. The molecule has 3 fully saturated rings. The Morgan fingerprint density at radius 2 is 1.00 bits per heavy atom. The van der Waals surface area contributed by atoms with Gasteiger partial charge in [-0.3, -0.25) is 0 Å². The molecule has 2 atom stereocenters. The molecule has 0 saturated carbocycles. The van der Waals surface area contributed by atoms with Gasteiger partial charge < -0.3 is 4.74 Å². The molecule has 0 N–H and O–H groups in total. The molecule has 2 unspecified atom stereocenters. The molecule has 0 bridgehead atoms. The van der Waals surface area contributed by atoms with Crippen molar-refractivity contribution >= 4 is 20.4 Å². The summed E-state index contributed by atoms with van der Waals surface area (Å²) < 4.78 is 62.7. The topological polar surface area (TPSA) is 90.5 Å². The van der Waals surface area contributed by atoms with E-state index < -0.39 is 20.4 Å². The van der Waals surface area contributed by atoms with Crippen LogP contribution in [0.25, 0.3) is 0 Å². The van der Waals surface area contributed by atoms with Crippen LogP contribution in [0.4, 0.5) is 0 Å². The molecule has 152 valence electrons. The summed E-state index contributed by atoms with van der Waals surface area (Å²) in [6.07, 6.45) is 2.56. The van der Waals surface area contributed by atoms with Gasteiger partial charge in [-0.2, -0.15) is 34.1 Å². The average Bonchev–Trinajstić information content (AvgIpc) is 2.62. The summed E-state index contributed by atoms with van der Waals surface area (Å²) in [5.74, 6) is 0. The Morgan fingerprint density at radius 1 is 0.615 bits per heavy atom. The van der Waals surface area contributed by atoms with Crippen LogP contribution in [-0.2, 0) is 25.2 Å². The molecule has 3 rings (SSSR count). The molecule has 0 radical (unpaired) electrons. The normalized spacial score (nSPS) is 31.9. The smallest absolute Gasteiger partial charge is 0.282 e. The minimum absolute atomic E-state index is 0.144. The van der Waals surface area contributed by atoms with Crippen molar-refractivity contribution in [3.05, 3.63) is 0 Å². The van der Waals surface area contributed by atoms with E-state index in [1.54, 1.807) is 0 Å². The number of ether oxygens (including phenoxy) is 1. The van der Waals surface area contributed by atoms with E-state index >= 15 is 0 Å². The van der Waals surface area contributed by atoms with Crippen molar-refractivity contribution in [2.24, 2.45) is 0 Å². The van der Waals surface area contributed by atoms with Crippen LogP contribution in [0.3, 0.4) is 0 Å². The molecule has 3 saturated heterocycles. The molecular formula is C15H30N4O5S2. The maximum Gasteiger partial charge on any atom is 0.282 e. The Kier molecular flexibility index (Phi) is 6.27. The maximum absolute atomic E-state index is 12.9. The summed E-state index contributed by atoms with van der Waals surface area (Å²) in [6, 6.07) is 0. The second kappa shape index (κ2) is 7.98. The van der Waals surface area contributed by atoms with Crippen LogP contribution in [0, 0.1) is 0 Å². The van der Waals surface area contributed by atoms with Crippen LogP contribution in [0.5, 0.6) is 0 Å². The van der Waals surface area contributed by atoms with E-state index in [1.807, 2.05) is 13.8 Å². The molecule has 26 heavy (non-hydrogen) atoms. The number of rotatable bonds is 4. The van der Waals surface area contributed by atoms with Crippen LogP contribution in [0.1, 0.15) is 33.1 Å². The number of morpholine rings is 1. The Hall–Kier alpha value is -0.300. The van der Waals surface area contributed by atoms with E-state index in [-0.39, 0.29) is 38.4 Å². The molecule has 0 amide bonds. The number of hydrogen-bond acceptors (Lipinski definition) is 5. The molecule has 0 aromatic carbocycles. The highest BCUT2D eigenvalue weighted by Gasteiger charge is 2.39. The predicted octanol–water partition coefficient (Wildman–Crippen LogP) is -0.311. The number of piperazine rings is 1. The lowest BCUT2D eigenvalue weighted by Crippen LogP contribution is -2.59. The van der Waals surface area contributed by atoms with Gasteiger partial charge in [-0.15, -0.1) is 0 Å². The molecular weight excluding hydrogens is 380 g/mol. The van der Waals surface area contributed by atoms with Crippen molar-refractivity contribution < 1.29 is 21.6 Å². The zero-order chi connectivity index (χ0) is 18.9. The summed E-state index contributed by atoms with van der Waals surface area (Å²) in [5, 5.41) is 0. The van der Waals surface area contributed by atoms with E-state index in [0.29, 0.717) is 26.2 Å². The second-order valence-electron chi connectivity index (χ2n) is 7.35. The summed E-state index contributed by atoms with van der Waals surface area (Å²) in [5.41, 5.74) is 0. The molecule has 9 nitrogen and oxygen atoms in total. The molecule has 3 aliphatic heterocycles. The third-order valence-electron chi connectivity index (χ3n) is 5.20. The zero-order valence-corrected chi connectivity index (χ0v) is 17.2. The quantitative estimate of drug-likeness (QED) is 0.634. The molecule has 11 heteroatoms. The van der Waals surface area contributed by atoms with Crippen molar-refractivity contribution in [3.63, 3.8) is 0 Å². The van der Waals surface area contributed by atoms with Crippen molar-refractivity contribution in [2.75, 3.05) is 52.4 Å². The Labute approximate surface area is 157 Å². The van der Waals surface area contributed by atoms with Crippen LogP contribution in [-0.4, -0.2) is 98.6 Å². The maximum atomic E-state index is 12.9. The molecule has 0 aromatic rings. The summed E-state index contributed by atoms with van der Waals surface area (Å²) in [4.78, 5) is 0. The van der Waals surface area contributed by atoms with Gasteiger partial charge in [0.2, 0.25) is 0 Å². The van der Waals surface area contributed by atoms with Gasteiger partial charge in [-0.25, -0.2) is 0 Å². The third-order valence-corrected chi connectivity index (χ3v) is 9.21. The monoisotopic (exact) mass is 410 g/mol. The molecule has 0 aliphatic carbocycles. The van der Waals surface area contributed by atoms with Crippen molar-refractivity contribution in [3.8, 4) is 0 Å². The van der Waals surface area contributed by atoms with Crippen molar-refractivity contribution in [2.45, 2.75) is 45.3 Å². The fourth-order valence-electron chi connectivity index (χ4n) is 3.87. The van der Waals surface area contributed by atoms with Crippen LogP contribution in [0.15, 0.2) is 0 Å². The van der Waals surface area contributed by atoms with Gasteiger partial charge in [0.15, 0.2) is 0 Å². The van der Waals surface area contributed by atoms with E-state index in [9.17, 15) is 16.8 Å². The van der Waals surface area contributed by atoms with Gasteiger partial charge in [0.1, 0.15) is 0 Å². The minimum Gasteiger partial charge on any atom is -0.373 e. The first kappa shape index (κ1) is 20.4. The van der Waals surface area contributed by atoms with Gasteiger partial charge in [0, 0.05) is 52.4 Å². The summed E-state index contributed by atoms with van der Waals surface area (Å²) in [7, 11) is -7.08. The van der Waals surface area contributed by atoms with Crippen LogP contribution in [0.2, 0.25) is 0 Å². The molecule has 0 aromatic heterocycles. The predicted molar refractivity (Wildman–Crippen MR) is 98.0 cm³/mol. The van der Waals surface area contributed by atoms with Crippen LogP contribution < -0.4 is 0 Å². The number of nitrogens with zero attached hydrogens (tertiary/aromatic N) is 4.